The van der Waals surface area contributed by atoms with Gasteiger partial charge in [-0.15, -0.1) is 0 Å². The van der Waals surface area contributed by atoms with Gasteiger partial charge < -0.3 is 10.1 Å². The van der Waals surface area contributed by atoms with Crippen molar-refractivity contribution in [3.05, 3.63) is 28.8 Å². The summed E-state index contributed by atoms with van der Waals surface area (Å²) in [7, 11) is 0. The zero-order valence-electron chi connectivity index (χ0n) is 11.0. The third kappa shape index (κ3) is 4.41. The molecule has 1 N–H and O–H groups in total. The highest BCUT2D eigenvalue weighted by Gasteiger charge is 2.14. The Morgan fingerprint density at radius 1 is 1.37 bits per heavy atom. The molecule has 1 fully saturated rings. The van der Waals surface area contributed by atoms with Gasteiger partial charge >= 0.3 is 0 Å². The van der Waals surface area contributed by atoms with Gasteiger partial charge in [-0.05, 0) is 37.5 Å². The number of hydrogen-bond donors (Lipinski definition) is 1. The van der Waals surface area contributed by atoms with E-state index in [1.165, 1.54) is 25.7 Å². The van der Waals surface area contributed by atoms with Crippen LogP contribution in [0, 0.1) is 11.3 Å². The summed E-state index contributed by atoms with van der Waals surface area (Å²) in [5.74, 6) is 0. The Hall–Kier alpha value is -1.24. The lowest BCUT2D eigenvalue weighted by Crippen LogP contribution is -2.11. The monoisotopic (exact) mass is 278 g/mol. The van der Waals surface area contributed by atoms with Crippen molar-refractivity contribution in [2.75, 3.05) is 18.5 Å². The molecule has 19 heavy (non-hydrogen) atoms. The topological polar surface area (TPSA) is 45.0 Å². The highest BCUT2D eigenvalue weighted by molar-refractivity contribution is 6.32. The second kappa shape index (κ2) is 7.37. The predicted octanol–water partition coefficient (Wildman–Crippen LogP) is 3.97. The lowest BCUT2D eigenvalue weighted by Gasteiger charge is -2.11. The number of nitriles is 1. The normalized spacial score (nSPS) is 15.4. The van der Waals surface area contributed by atoms with Crippen molar-refractivity contribution in [1.82, 2.24) is 0 Å². The van der Waals surface area contributed by atoms with E-state index < -0.39 is 0 Å². The van der Waals surface area contributed by atoms with E-state index >= 15 is 0 Å². The van der Waals surface area contributed by atoms with Crippen LogP contribution in [0.2, 0.25) is 5.02 Å². The first-order valence-corrected chi connectivity index (χ1v) is 7.22. The molecular weight excluding hydrogens is 260 g/mol. The number of rotatable bonds is 6. The zero-order chi connectivity index (χ0) is 13.5. The third-order valence-electron chi connectivity index (χ3n) is 3.40. The first-order valence-electron chi connectivity index (χ1n) is 6.85. The van der Waals surface area contributed by atoms with Crippen LogP contribution in [0.1, 0.15) is 37.7 Å². The molecule has 0 heterocycles. The lowest BCUT2D eigenvalue weighted by molar-refractivity contribution is 0.0583. The number of nitrogens with one attached hydrogen (secondary N) is 1. The molecule has 1 aliphatic carbocycles. The molecule has 0 aromatic heterocycles. The molecule has 3 nitrogen and oxygen atoms in total. The van der Waals surface area contributed by atoms with Crippen LogP contribution in [0.25, 0.3) is 0 Å². The fourth-order valence-electron chi connectivity index (χ4n) is 2.33. The summed E-state index contributed by atoms with van der Waals surface area (Å²) in [5, 5.41) is 12.6. The number of benzene rings is 1. The molecule has 0 atom stereocenters. The van der Waals surface area contributed by atoms with Crippen LogP contribution in [-0.4, -0.2) is 19.3 Å². The molecule has 0 spiro atoms. The van der Waals surface area contributed by atoms with Gasteiger partial charge in [-0.2, -0.15) is 5.26 Å². The molecule has 1 aromatic carbocycles. The highest BCUT2D eigenvalue weighted by atomic mass is 35.5. The molecule has 102 valence electrons. The quantitative estimate of drug-likeness (QED) is 0.801. The van der Waals surface area contributed by atoms with Crippen LogP contribution in [0.4, 0.5) is 5.69 Å². The molecule has 1 saturated carbocycles. The van der Waals surface area contributed by atoms with Crippen LogP contribution in [0.5, 0.6) is 0 Å². The van der Waals surface area contributed by atoms with Crippen LogP contribution in [0.3, 0.4) is 0 Å². The van der Waals surface area contributed by atoms with Crippen LogP contribution in [-0.2, 0) is 4.74 Å². The average Bonchev–Trinajstić information content (AvgIpc) is 2.92. The molecule has 0 aliphatic heterocycles. The molecule has 2 rings (SSSR count). The third-order valence-corrected chi connectivity index (χ3v) is 3.71. The van der Waals surface area contributed by atoms with E-state index in [4.69, 9.17) is 21.6 Å². The van der Waals surface area contributed by atoms with Gasteiger partial charge in [0.1, 0.15) is 6.07 Å². The highest BCUT2D eigenvalue weighted by Crippen LogP contribution is 2.21. The molecule has 1 aliphatic rings. The fourth-order valence-corrected chi connectivity index (χ4v) is 2.55. The Kier molecular flexibility index (Phi) is 5.50. The number of hydrogen-bond acceptors (Lipinski definition) is 3. The van der Waals surface area contributed by atoms with E-state index in [1.807, 2.05) is 6.07 Å². The van der Waals surface area contributed by atoms with E-state index in [2.05, 4.69) is 11.4 Å². The van der Waals surface area contributed by atoms with Gasteiger partial charge in [0.15, 0.2) is 0 Å². The van der Waals surface area contributed by atoms with Gasteiger partial charge in [-0.1, -0.05) is 24.4 Å². The smallest absolute Gasteiger partial charge is 0.101 e. The van der Waals surface area contributed by atoms with Crippen LogP contribution >= 0.6 is 11.6 Å². The molecular formula is C15H19ClN2O. The molecule has 0 radical (unpaired) electrons. The van der Waals surface area contributed by atoms with Crippen molar-refractivity contribution in [3.8, 4) is 6.07 Å². The Bertz CT molecular complexity index is 450. The molecule has 0 amide bonds. The maximum Gasteiger partial charge on any atom is 0.101 e. The van der Waals surface area contributed by atoms with Crippen molar-refractivity contribution >= 4 is 17.3 Å². The fraction of sp³-hybridized carbons (Fsp3) is 0.533. The second-order valence-electron chi connectivity index (χ2n) is 4.86. The number of halogens is 1. The van der Waals surface area contributed by atoms with Gasteiger partial charge in [-0.3, -0.25) is 0 Å². The van der Waals surface area contributed by atoms with Crippen molar-refractivity contribution < 1.29 is 4.74 Å². The lowest BCUT2D eigenvalue weighted by atomic mass is 10.2. The number of nitrogens with zero attached hydrogens (tertiary/aromatic N) is 1. The summed E-state index contributed by atoms with van der Waals surface area (Å²) < 4.78 is 5.79. The summed E-state index contributed by atoms with van der Waals surface area (Å²) in [6.45, 7) is 1.66. The minimum atomic E-state index is 0.490. The standard InChI is InChI=1S/C15H19ClN2O/c16-15-10-13(7-6-12(15)11-17)18-8-3-9-19-14-4-1-2-5-14/h6-7,10,14,18H,1-5,8-9H2. The van der Waals surface area contributed by atoms with Gasteiger partial charge in [-0.25, -0.2) is 0 Å². The average molecular weight is 279 g/mol. The molecule has 0 saturated heterocycles. The maximum absolute atomic E-state index is 8.79. The van der Waals surface area contributed by atoms with E-state index in [0.29, 0.717) is 16.7 Å². The first-order chi connectivity index (χ1) is 9.29. The summed E-state index contributed by atoms with van der Waals surface area (Å²) in [5.41, 5.74) is 1.46. The molecule has 1 aromatic rings. The first kappa shape index (κ1) is 14.2. The summed E-state index contributed by atoms with van der Waals surface area (Å²) in [6, 6.07) is 7.45. The van der Waals surface area contributed by atoms with Gasteiger partial charge in [0.2, 0.25) is 0 Å². The Morgan fingerprint density at radius 3 is 2.84 bits per heavy atom. The Balaban J connectivity index is 1.65. The van der Waals surface area contributed by atoms with E-state index in [9.17, 15) is 0 Å². The Morgan fingerprint density at radius 2 is 2.16 bits per heavy atom. The second-order valence-corrected chi connectivity index (χ2v) is 5.27. The maximum atomic E-state index is 8.79. The van der Waals surface area contributed by atoms with Crippen LogP contribution in [0.15, 0.2) is 18.2 Å². The predicted molar refractivity (Wildman–Crippen MR) is 77.5 cm³/mol. The van der Waals surface area contributed by atoms with Gasteiger partial charge in [0.25, 0.3) is 0 Å². The van der Waals surface area contributed by atoms with Crippen molar-refractivity contribution in [3.63, 3.8) is 0 Å². The van der Waals surface area contributed by atoms with E-state index in [0.717, 1.165) is 25.3 Å². The van der Waals surface area contributed by atoms with Crippen LogP contribution < -0.4 is 5.32 Å². The molecule has 4 heteroatoms. The van der Waals surface area contributed by atoms with Gasteiger partial charge in [0, 0.05) is 18.8 Å². The summed E-state index contributed by atoms with van der Waals surface area (Å²) >= 11 is 5.97. The summed E-state index contributed by atoms with van der Waals surface area (Å²) in [6.07, 6.45) is 6.54. The largest absolute Gasteiger partial charge is 0.385 e. The van der Waals surface area contributed by atoms with Crippen molar-refractivity contribution in [1.29, 1.82) is 5.26 Å². The number of anilines is 1. The number of ether oxygens (including phenoxy) is 1. The Labute approximate surface area is 119 Å². The summed E-state index contributed by atoms with van der Waals surface area (Å²) in [4.78, 5) is 0. The van der Waals surface area contributed by atoms with Crippen molar-refractivity contribution in [2.24, 2.45) is 0 Å². The minimum absolute atomic E-state index is 0.490. The SMILES string of the molecule is N#Cc1ccc(NCCCOC2CCCC2)cc1Cl. The zero-order valence-corrected chi connectivity index (χ0v) is 11.7. The molecule has 0 bridgehead atoms. The van der Waals surface area contributed by atoms with E-state index in [1.54, 1.807) is 12.1 Å². The minimum Gasteiger partial charge on any atom is -0.385 e. The molecule has 0 unspecified atom stereocenters. The van der Waals surface area contributed by atoms with Crippen molar-refractivity contribution in [2.45, 2.75) is 38.2 Å². The van der Waals surface area contributed by atoms with E-state index in [-0.39, 0.29) is 0 Å². The van der Waals surface area contributed by atoms with Gasteiger partial charge in [0.05, 0.1) is 16.7 Å².